The molecule has 0 fully saturated rings. The number of ether oxygens (including phenoxy) is 3. The fourth-order valence-electron chi connectivity index (χ4n) is 2.03. The number of alkyl halides is 3. The second-order valence-corrected chi connectivity index (χ2v) is 5.01. The van der Waals surface area contributed by atoms with Crippen LogP contribution in [-0.2, 0) is 4.79 Å². The van der Waals surface area contributed by atoms with Crippen molar-refractivity contribution in [3.63, 3.8) is 0 Å². The minimum absolute atomic E-state index is 0.331. The SMILES string of the molecule is COc1ccc(NC(=O)/C=C\c2ccc(OC(F)(F)F)cc2)c(OC)c1. The molecule has 8 heteroatoms. The minimum atomic E-state index is -4.74. The molecule has 0 spiro atoms. The fourth-order valence-corrected chi connectivity index (χ4v) is 2.03. The summed E-state index contributed by atoms with van der Waals surface area (Å²) < 4.78 is 50.3. The van der Waals surface area contributed by atoms with Crippen LogP contribution in [0.25, 0.3) is 6.08 Å². The molecule has 0 bridgehead atoms. The lowest BCUT2D eigenvalue weighted by atomic mass is 10.2. The minimum Gasteiger partial charge on any atom is -0.497 e. The molecule has 0 unspecified atom stereocenters. The molecule has 138 valence electrons. The van der Waals surface area contributed by atoms with E-state index in [1.165, 1.54) is 38.5 Å². The van der Waals surface area contributed by atoms with Gasteiger partial charge in [0, 0.05) is 12.1 Å². The Hall–Kier alpha value is -3.16. The molecule has 0 atom stereocenters. The summed E-state index contributed by atoms with van der Waals surface area (Å²) >= 11 is 0. The number of hydrogen-bond acceptors (Lipinski definition) is 4. The van der Waals surface area contributed by atoms with Gasteiger partial charge in [0.2, 0.25) is 5.91 Å². The van der Waals surface area contributed by atoms with Gasteiger partial charge >= 0.3 is 6.36 Å². The second kappa shape index (κ2) is 8.28. The van der Waals surface area contributed by atoms with Gasteiger partial charge in [0.1, 0.15) is 17.2 Å². The van der Waals surface area contributed by atoms with Gasteiger partial charge in [0.05, 0.1) is 19.9 Å². The van der Waals surface area contributed by atoms with Gasteiger partial charge in [-0.3, -0.25) is 4.79 Å². The van der Waals surface area contributed by atoms with Gasteiger partial charge in [-0.25, -0.2) is 0 Å². The molecule has 0 aliphatic carbocycles. The molecule has 0 heterocycles. The Balaban J connectivity index is 2.01. The number of carbonyl (C=O) groups excluding carboxylic acids is 1. The number of halogens is 3. The highest BCUT2D eigenvalue weighted by atomic mass is 19.4. The van der Waals surface area contributed by atoms with Crippen LogP contribution in [0.1, 0.15) is 5.56 Å². The van der Waals surface area contributed by atoms with Gasteiger partial charge < -0.3 is 19.5 Å². The molecule has 2 aromatic rings. The lowest BCUT2D eigenvalue weighted by Gasteiger charge is -2.10. The molecule has 0 saturated heterocycles. The molecule has 0 aliphatic rings. The second-order valence-electron chi connectivity index (χ2n) is 5.01. The Kier molecular flexibility index (Phi) is 6.11. The summed E-state index contributed by atoms with van der Waals surface area (Å²) in [5, 5.41) is 2.65. The number of amides is 1. The molecule has 1 N–H and O–H groups in total. The average Bonchev–Trinajstić information content (AvgIpc) is 2.60. The summed E-state index contributed by atoms with van der Waals surface area (Å²) in [7, 11) is 2.98. The molecule has 1 amide bonds. The van der Waals surface area contributed by atoms with E-state index >= 15 is 0 Å². The van der Waals surface area contributed by atoms with E-state index in [0.29, 0.717) is 22.7 Å². The van der Waals surface area contributed by atoms with Crippen molar-refractivity contribution < 1.29 is 32.2 Å². The van der Waals surface area contributed by atoms with E-state index in [2.05, 4.69) is 10.1 Å². The zero-order valence-electron chi connectivity index (χ0n) is 14.0. The smallest absolute Gasteiger partial charge is 0.497 e. The van der Waals surface area contributed by atoms with Crippen LogP contribution in [-0.4, -0.2) is 26.5 Å². The van der Waals surface area contributed by atoms with Gasteiger partial charge in [0.15, 0.2) is 0 Å². The van der Waals surface area contributed by atoms with Crippen molar-refractivity contribution in [3.8, 4) is 17.2 Å². The lowest BCUT2D eigenvalue weighted by molar-refractivity contribution is -0.274. The van der Waals surface area contributed by atoms with Crippen LogP contribution in [0.15, 0.2) is 48.5 Å². The molecule has 0 aliphatic heterocycles. The summed E-state index contributed by atoms with van der Waals surface area (Å²) in [6.07, 6.45) is -2.03. The van der Waals surface area contributed by atoms with Crippen molar-refractivity contribution in [2.75, 3.05) is 19.5 Å². The van der Waals surface area contributed by atoms with Crippen molar-refractivity contribution in [1.82, 2.24) is 0 Å². The maximum absolute atomic E-state index is 12.1. The van der Waals surface area contributed by atoms with Gasteiger partial charge in [-0.1, -0.05) is 12.1 Å². The number of nitrogens with one attached hydrogen (secondary N) is 1. The predicted octanol–water partition coefficient (Wildman–Crippen LogP) is 4.25. The number of methoxy groups -OCH3 is 2. The normalized spacial score (nSPS) is 11.3. The van der Waals surface area contributed by atoms with Crippen molar-refractivity contribution in [3.05, 3.63) is 54.1 Å². The zero-order valence-corrected chi connectivity index (χ0v) is 14.0. The van der Waals surface area contributed by atoms with E-state index in [-0.39, 0.29) is 5.75 Å². The third-order valence-electron chi connectivity index (χ3n) is 3.21. The molecule has 0 aromatic heterocycles. The number of rotatable bonds is 6. The first-order valence-corrected chi connectivity index (χ1v) is 7.37. The van der Waals surface area contributed by atoms with E-state index in [1.54, 1.807) is 18.2 Å². The molecule has 5 nitrogen and oxygen atoms in total. The van der Waals surface area contributed by atoms with E-state index in [4.69, 9.17) is 9.47 Å². The van der Waals surface area contributed by atoms with E-state index in [0.717, 1.165) is 12.1 Å². The maximum atomic E-state index is 12.1. The average molecular weight is 367 g/mol. The molecule has 0 saturated carbocycles. The number of carbonyl (C=O) groups is 1. The van der Waals surface area contributed by atoms with Crippen LogP contribution in [0.4, 0.5) is 18.9 Å². The van der Waals surface area contributed by atoms with Crippen LogP contribution in [0.5, 0.6) is 17.2 Å². The molecule has 0 radical (unpaired) electrons. The first kappa shape index (κ1) is 19.2. The van der Waals surface area contributed by atoms with Crippen molar-refractivity contribution in [2.24, 2.45) is 0 Å². The zero-order chi connectivity index (χ0) is 19.2. The summed E-state index contributed by atoms with van der Waals surface area (Å²) in [4.78, 5) is 12.0. The first-order valence-electron chi connectivity index (χ1n) is 7.37. The van der Waals surface area contributed by atoms with E-state index in [9.17, 15) is 18.0 Å². The Morgan fingerprint density at radius 3 is 2.23 bits per heavy atom. The standard InChI is InChI=1S/C18H16F3NO4/c1-24-14-8-9-15(16(11-14)25-2)22-17(23)10-5-12-3-6-13(7-4-12)26-18(19,20)21/h3-11H,1-2H3,(H,22,23)/b10-5-. The van der Waals surface area contributed by atoms with Gasteiger partial charge in [-0.05, 0) is 35.9 Å². The number of anilines is 1. The molecular weight excluding hydrogens is 351 g/mol. The van der Waals surface area contributed by atoms with Crippen LogP contribution < -0.4 is 19.5 Å². The molecule has 26 heavy (non-hydrogen) atoms. The van der Waals surface area contributed by atoms with Gasteiger partial charge in [-0.15, -0.1) is 13.2 Å². The molecule has 2 aromatic carbocycles. The highest BCUT2D eigenvalue weighted by Gasteiger charge is 2.30. The predicted molar refractivity (Wildman–Crippen MR) is 90.3 cm³/mol. The summed E-state index contributed by atoms with van der Waals surface area (Å²) in [6, 6.07) is 10.1. The van der Waals surface area contributed by atoms with Crippen molar-refractivity contribution >= 4 is 17.7 Å². The monoisotopic (exact) mass is 367 g/mol. The fraction of sp³-hybridized carbons (Fsp3) is 0.167. The van der Waals surface area contributed by atoms with Crippen molar-refractivity contribution in [1.29, 1.82) is 0 Å². The van der Waals surface area contributed by atoms with Gasteiger partial charge in [-0.2, -0.15) is 0 Å². The Morgan fingerprint density at radius 1 is 1.00 bits per heavy atom. The highest BCUT2D eigenvalue weighted by molar-refractivity contribution is 6.02. The summed E-state index contributed by atoms with van der Waals surface area (Å²) in [5.74, 6) is 0.252. The molecule has 2 rings (SSSR count). The molecular formula is C18H16F3NO4. The Labute approximate surface area is 148 Å². The third-order valence-corrected chi connectivity index (χ3v) is 3.21. The van der Waals surface area contributed by atoms with Crippen LogP contribution in [0, 0.1) is 0 Å². The third kappa shape index (κ3) is 5.73. The quantitative estimate of drug-likeness (QED) is 0.776. The van der Waals surface area contributed by atoms with Crippen LogP contribution in [0.2, 0.25) is 0 Å². The maximum Gasteiger partial charge on any atom is 0.573 e. The topological polar surface area (TPSA) is 56.8 Å². The highest BCUT2D eigenvalue weighted by Crippen LogP contribution is 2.29. The van der Waals surface area contributed by atoms with E-state index < -0.39 is 12.3 Å². The van der Waals surface area contributed by atoms with Crippen LogP contribution in [0.3, 0.4) is 0 Å². The Morgan fingerprint density at radius 2 is 1.65 bits per heavy atom. The first-order chi connectivity index (χ1) is 12.3. The number of hydrogen-bond donors (Lipinski definition) is 1. The largest absolute Gasteiger partial charge is 0.573 e. The summed E-state index contributed by atoms with van der Waals surface area (Å²) in [5.41, 5.74) is 0.994. The van der Waals surface area contributed by atoms with E-state index in [1.807, 2.05) is 0 Å². The number of benzene rings is 2. The van der Waals surface area contributed by atoms with Gasteiger partial charge in [0.25, 0.3) is 0 Å². The Bertz CT molecular complexity index is 786. The van der Waals surface area contributed by atoms with Crippen molar-refractivity contribution in [2.45, 2.75) is 6.36 Å². The summed E-state index contributed by atoms with van der Waals surface area (Å²) in [6.45, 7) is 0. The lowest BCUT2D eigenvalue weighted by Crippen LogP contribution is -2.16. The van der Waals surface area contributed by atoms with Crippen LogP contribution >= 0.6 is 0 Å².